The van der Waals surface area contributed by atoms with Gasteiger partial charge >= 0.3 is 0 Å². The van der Waals surface area contributed by atoms with Crippen LogP contribution in [-0.2, 0) is 0 Å². The third-order valence-electron chi connectivity index (χ3n) is 2.45. The number of hydrogen-bond acceptors (Lipinski definition) is 2. The van der Waals surface area contributed by atoms with E-state index in [-0.39, 0.29) is 5.38 Å². The summed E-state index contributed by atoms with van der Waals surface area (Å²) in [4.78, 5) is 8.36. The van der Waals surface area contributed by atoms with Crippen molar-refractivity contribution in [3.05, 3.63) is 30.4 Å². The van der Waals surface area contributed by atoms with Crippen molar-refractivity contribution in [1.82, 2.24) is 9.97 Å². The second-order valence-corrected chi connectivity index (χ2v) is 4.10. The predicted octanol–water partition coefficient (Wildman–Crippen LogP) is 3.04. The largest absolute Gasteiger partial charge is 0.261 e. The molecule has 2 rings (SSSR count). The number of aromatic nitrogens is 2. The smallest absolute Gasteiger partial charge is 0.0842 e. The van der Waals surface area contributed by atoms with Crippen LogP contribution in [0.3, 0.4) is 0 Å². The minimum atomic E-state index is 0.162. The highest BCUT2D eigenvalue weighted by Gasteiger charge is 2.11. The molecule has 1 aromatic rings. The molecule has 1 aromatic heterocycles. The maximum absolute atomic E-state index is 6.14. The molecule has 1 atom stereocenters. The number of hydrogen-bond donors (Lipinski definition) is 0. The standard InChI is InChI=1S/C11H13ClN2/c12-10-4-2-1-3-9(7-10)11-8-13-5-6-14-11/h5-8,10H,1-4H2. The van der Waals surface area contributed by atoms with Crippen LogP contribution in [0.4, 0.5) is 0 Å². The summed E-state index contributed by atoms with van der Waals surface area (Å²) < 4.78 is 0. The fourth-order valence-electron chi connectivity index (χ4n) is 1.72. The van der Waals surface area contributed by atoms with Crippen LogP contribution in [-0.4, -0.2) is 15.3 Å². The molecule has 0 N–H and O–H groups in total. The van der Waals surface area contributed by atoms with Crippen molar-refractivity contribution < 1.29 is 0 Å². The average Bonchev–Trinajstić information content (AvgIpc) is 2.44. The maximum Gasteiger partial charge on any atom is 0.0842 e. The zero-order chi connectivity index (χ0) is 9.80. The molecule has 0 spiro atoms. The van der Waals surface area contributed by atoms with Gasteiger partial charge < -0.3 is 0 Å². The van der Waals surface area contributed by atoms with E-state index in [0.29, 0.717) is 0 Å². The average molecular weight is 209 g/mol. The first-order chi connectivity index (χ1) is 6.86. The Kier molecular flexibility index (Phi) is 3.14. The van der Waals surface area contributed by atoms with Gasteiger partial charge in [0.15, 0.2) is 0 Å². The van der Waals surface area contributed by atoms with Crippen molar-refractivity contribution in [2.45, 2.75) is 31.1 Å². The molecule has 3 heteroatoms. The number of allylic oxidation sites excluding steroid dienone is 2. The normalized spacial score (nSPS) is 22.6. The number of alkyl halides is 1. The molecule has 0 radical (unpaired) electrons. The molecule has 0 fully saturated rings. The van der Waals surface area contributed by atoms with Gasteiger partial charge in [-0.05, 0) is 24.8 Å². The number of rotatable bonds is 1. The minimum Gasteiger partial charge on any atom is -0.261 e. The molecule has 1 aliphatic rings. The third-order valence-corrected chi connectivity index (χ3v) is 2.79. The fourth-order valence-corrected chi connectivity index (χ4v) is 2.02. The SMILES string of the molecule is ClC1C=C(c2cnccn2)CCCC1. The quantitative estimate of drug-likeness (QED) is 0.663. The number of nitrogens with zero attached hydrogens (tertiary/aromatic N) is 2. The number of halogens is 1. The van der Waals surface area contributed by atoms with Crippen molar-refractivity contribution in [3.63, 3.8) is 0 Å². The Balaban J connectivity index is 2.24. The van der Waals surface area contributed by atoms with Crippen molar-refractivity contribution in [3.8, 4) is 0 Å². The maximum atomic E-state index is 6.14. The Morgan fingerprint density at radius 1 is 1.29 bits per heavy atom. The minimum absolute atomic E-state index is 0.162. The van der Waals surface area contributed by atoms with Crippen LogP contribution in [0.1, 0.15) is 31.4 Å². The molecule has 0 amide bonds. The second kappa shape index (κ2) is 4.56. The molecule has 14 heavy (non-hydrogen) atoms. The van der Waals surface area contributed by atoms with E-state index in [1.165, 1.54) is 18.4 Å². The van der Waals surface area contributed by atoms with Crippen molar-refractivity contribution >= 4 is 17.2 Å². The van der Waals surface area contributed by atoms with Gasteiger partial charge in [0.05, 0.1) is 17.3 Å². The van der Waals surface area contributed by atoms with Gasteiger partial charge in [-0.2, -0.15) is 0 Å². The Morgan fingerprint density at radius 3 is 3.00 bits per heavy atom. The lowest BCUT2D eigenvalue weighted by molar-refractivity contribution is 0.723. The molecule has 0 aliphatic heterocycles. The Morgan fingerprint density at radius 2 is 2.21 bits per heavy atom. The first-order valence-electron chi connectivity index (χ1n) is 4.97. The molecular formula is C11H13ClN2. The molecular weight excluding hydrogens is 196 g/mol. The van der Waals surface area contributed by atoms with Crippen LogP contribution in [0.2, 0.25) is 0 Å². The lowest BCUT2D eigenvalue weighted by Gasteiger charge is -2.03. The summed E-state index contributed by atoms with van der Waals surface area (Å²) in [6.07, 6.45) is 11.9. The van der Waals surface area contributed by atoms with E-state index in [0.717, 1.165) is 18.5 Å². The lowest BCUT2D eigenvalue weighted by Crippen LogP contribution is -1.93. The summed E-state index contributed by atoms with van der Waals surface area (Å²) in [6, 6.07) is 0. The highest BCUT2D eigenvalue weighted by Crippen LogP contribution is 2.26. The Hall–Kier alpha value is -0.890. The van der Waals surface area contributed by atoms with Gasteiger partial charge in [-0.3, -0.25) is 9.97 Å². The van der Waals surface area contributed by atoms with E-state index in [2.05, 4.69) is 16.0 Å². The van der Waals surface area contributed by atoms with Crippen LogP contribution in [0.25, 0.3) is 5.57 Å². The topological polar surface area (TPSA) is 25.8 Å². The molecule has 2 nitrogen and oxygen atoms in total. The van der Waals surface area contributed by atoms with Crippen molar-refractivity contribution in [1.29, 1.82) is 0 Å². The van der Waals surface area contributed by atoms with Crippen LogP contribution in [0, 0.1) is 0 Å². The first-order valence-corrected chi connectivity index (χ1v) is 5.41. The molecule has 0 saturated heterocycles. The van der Waals surface area contributed by atoms with Crippen molar-refractivity contribution in [2.24, 2.45) is 0 Å². The van der Waals surface area contributed by atoms with E-state index in [1.54, 1.807) is 18.6 Å². The monoisotopic (exact) mass is 208 g/mol. The summed E-state index contributed by atoms with van der Waals surface area (Å²) in [5, 5.41) is 0.162. The molecule has 0 bridgehead atoms. The zero-order valence-electron chi connectivity index (χ0n) is 7.99. The van der Waals surface area contributed by atoms with Crippen molar-refractivity contribution in [2.75, 3.05) is 0 Å². The third kappa shape index (κ3) is 2.32. The summed E-state index contributed by atoms with van der Waals surface area (Å²) in [5.41, 5.74) is 2.22. The zero-order valence-corrected chi connectivity index (χ0v) is 8.74. The van der Waals surface area contributed by atoms with E-state index in [1.807, 2.05) is 0 Å². The summed E-state index contributed by atoms with van der Waals surface area (Å²) in [5.74, 6) is 0. The molecule has 0 aromatic carbocycles. The molecule has 1 aliphatic carbocycles. The predicted molar refractivity (Wildman–Crippen MR) is 58.1 cm³/mol. The molecule has 1 unspecified atom stereocenters. The van der Waals surface area contributed by atoms with Crippen LogP contribution < -0.4 is 0 Å². The highest BCUT2D eigenvalue weighted by atomic mass is 35.5. The van der Waals surface area contributed by atoms with Crippen LogP contribution in [0.5, 0.6) is 0 Å². The summed E-state index contributed by atoms with van der Waals surface area (Å²) >= 11 is 6.14. The van der Waals surface area contributed by atoms with Crippen LogP contribution >= 0.6 is 11.6 Å². The van der Waals surface area contributed by atoms with Gasteiger partial charge in [0.2, 0.25) is 0 Å². The first kappa shape index (κ1) is 9.66. The summed E-state index contributed by atoms with van der Waals surface area (Å²) in [7, 11) is 0. The van der Waals surface area contributed by atoms with Gasteiger partial charge in [0, 0.05) is 12.4 Å². The fraction of sp³-hybridized carbons (Fsp3) is 0.455. The Bertz CT molecular complexity index is 321. The van der Waals surface area contributed by atoms with E-state index < -0.39 is 0 Å². The molecule has 74 valence electrons. The van der Waals surface area contributed by atoms with Crippen LogP contribution in [0.15, 0.2) is 24.7 Å². The summed E-state index contributed by atoms with van der Waals surface area (Å²) in [6.45, 7) is 0. The second-order valence-electron chi connectivity index (χ2n) is 3.54. The van der Waals surface area contributed by atoms with E-state index >= 15 is 0 Å². The van der Waals surface area contributed by atoms with Gasteiger partial charge in [-0.15, -0.1) is 11.6 Å². The van der Waals surface area contributed by atoms with Gasteiger partial charge in [0.1, 0.15) is 0 Å². The molecule has 0 saturated carbocycles. The van der Waals surface area contributed by atoms with Gasteiger partial charge in [0.25, 0.3) is 0 Å². The Labute approximate surface area is 89.0 Å². The van der Waals surface area contributed by atoms with E-state index in [9.17, 15) is 0 Å². The molecule has 1 heterocycles. The van der Waals surface area contributed by atoms with Gasteiger partial charge in [-0.25, -0.2) is 0 Å². The highest BCUT2D eigenvalue weighted by molar-refractivity contribution is 6.22. The lowest BCUT2D eigenvalue weighted by atomic mass is 10.1. The van der Waals surface area contributed by atoms with Gasteiger partial charge in [-0.1, -0.05) is 12.5 Å². The van der Waals surface area contributed by atoms with E-state index in [4.69, 9.17) is 11.6 Å².